The van der Waals surface area contributed by atoms with Gasteiger partial charge in [-0.1, -0.05) is 102 Å². The van der Waals surface area contributed by atoms with Gasteiger partial charge < -0.3 is 0 Å². The van der Waals surface area contributed by atoms with Crippen molar-refractivity contribution in [2.24, 2.45) is 11.8 Å². The lowest BCUT2D eigenvalue weighted by Gasteiger charge is -2.28. The first-order valence-corrected chi connectivity index (χ1v) is 12.7. The average molecular weight is 407 g/mol. The number of aryl methyl sites for hydroxylation is 2. The lowest BCUT2D eigenvalue weighted by atomic mass is 9.78. The highest BCUT2D eigenvalue weighted by Crippen LogP contribution is 2.34. The third kappa shape index (κ3) is 7.52. The Morgan fingerprint density at radius 3 is 2.00 bits per heavy atom. The first kappa shape index (κ1) is 23.0. The van der Waals surface area contributed by atoms with Gasteiger partial charge in [-0.25, -0.2) is 0 Å². The molecule has 1 aliphatic rings. The van der Waals surface area contributed by atoms with Crippen LogP contribution in [0.4, 0.5) is 0 Å². The van der Waals surface area contributed by atoms with Crippen molar-refractivity contribution in [3.8, 4) is 11.3 Å². The fourth-order valence-electron chi connectivity index (χ4n) is 4.89. The minimum atomic E-state index is 0.897. The summed E-state index contributed by atoms with van der Waals surface area (Å²) in [6, 6.07) is 13.2. The van der Waals surface area contributed by atoms with E-state index in [-0.39, 0.29) is 0 Å². The van der Waals surface area contributed by atoms with Gasteiger partial charge in [0.15, 0.2) is 0 Å². The zero-order valence-electron chi connectivity index (χ0n) is 19.4. The van der Waals surface area contributed by atoms with E-state index in [0.717, 1.165) is 29.6 Å². The summed E-state index contributed by atoms with van der Waals surface area (Å²) in [7, 11) is 0. The van der Waals surface area contributed by atoms with E-state index in [1.165, 1.54) is 94.6 Å². The molecule has 1 heterocycles. The fraction of sp³-hybridized carbons (Fsp3) is 0.643. The number of hydrogen-bond donors (Lipinski definition) is 0. The summed E-state index contributed by atoms with van der Waals surface area (Å²) in [6.07, 6.45) is 18.9. The zero-order valence-corrected chi connectivity index (χ0v) is 19.4. The molecule has 0 bridgehead atoms. The van der Waals surface area contributed by atoms with Crippen molar-refractivity contribution in [2.45, 2.75) is 104 Å². The molecule has 2 heteroatoms. The summed E-state index contributed by atoms with van der Waals surface area (Å²) in [5, 5.41) is 9.05. The Morgan fingerprint density at radius 1 is 0.667 bits per heavy atom. The van der Waals surface area contributed by atoms with Crippen LogP contribution in [0.3, 0.4) is 0 Å². The predicted octanol–water partition coefficient (Wildman–Crippen LogP) is 8.20. The van der Waals surface area contributed by atoms with Crippen LogP contribution in [0.5, 0.6) is 0 Å². The van der Waals surface area contributed by atoms with Crippen LogP contribution in [-0.4, -0.2) is 10.2 Å². The van der Waals surface area contributed by atoms with E-state index >= 15 is 0 Å². The quantitative estimate of drug-likeness (QED) is 0.332. The topological polar surface area (TPSA) is 25.8 Å². The van der Waals surface area contributed by atoms with E-state index < -0.39 is 0 Å². The van der Waals surface area contributed by atoms with Gasteiger partial charge in [0.2, 0.25) is 0 Å². The van der Waals surface area contributed by atoms with Gasteiger partial charge in [0.05, 0.1) is 11.4 Å². The van der Waals surface area contributed by atoms with Gasteiger partial charge in [0.1, 0.15) is 0 Å². The smallest absolute Gasteiger partial charge is 0.0929 e. The monoisotopic (exact) mass is 406 g/mol. The first-order chi connectivity index (χ1) is 14.8. The maximum Gasteiger partial charge on any atom is 0.0929 e. The molecule has 164 valence electrons. The second kappa shape index (κ2) is 12.9. The Morgan fingerprint density at radius 2 is 1.37 bits per heavy atom. The molecule has 30 heavy (non-hydrogen) atoms. The number of benzene rings is 1. The van der Waals surface area contributed by atoms with Crippen LogP contribution in [-0.2, 0) is 12.8 Å². The summed E-state index contributed by atoms with van der Waals surface area (Å²) < 4.78 is 0. The summed E-state index contributed by atoms with van der Waals surface area (Å²) in [4.78, 5) is 0. The fourth-order valence-corrected chi connectivity index (χ4v) is 4.89. The molecule has 0 radical (unpaired) electrons. The summed E-state index contributed by atoms with van der Waals surface area (Å²) in [5.74, 6) is 1.90. The van der Waals surface area contributed by atoms with Gasteiger partial charge >= 0.3 is 0 Å². The molecule has 0 N–H and O–H groups in total. The Kier molecular flexibility index (Phi) is 9.86. The van der Waals surface area contributed by atoms with Crippen molar-refractivity contribution in [1.82, 2.24) is 10.2 Å². The van der Waals surface area contributed by atoms with Crippen molar-refractivity contribution in [3.05, 3.63) is 47.7 Å². The molecular formula is C28H42N2. The molecule has 1 aromatic carbocycles. The van der Waals surface area contributed by atoms with Gasteiger partial charge in [-0.15, -0.1) is 0 Å². The third-order valence-corrected chi connectivity index (χ3v) is 7.03. The van der Waals surface area contributed by atoms with E-state index in [9.17, 15) is 0 Å². The van der Waals surface area contributed by atoms with Gasteiger partial charge in [-0.2, -0.15) is 10.2 Å². The van der Waals surface area contributed by atoms with Gasteiger partial charge in [0.25, 0.3) is 0 Å². The standard InChI is InChI=1S/C28H42N2/c1-3-5-7-8-10-24-11-13-25(14-12-24)17-20-27-21-22-28(30-29-27)26-18-15-23(16-19-26)9-6-4-2/h15-16,18-19,21-22,24-25H,3-14,17,20H2,1-2H3. The molecule has 0 aliphatic heterocycles. The van der Waals surface area contributed by atoms with Crippen molar-refractivity contribution < 1.29 is 0 Å². The summed E-state index contributed by atoms with van der Waals surface area (Å²) in [5.41, 5.74) is 4.73. The number of unbranched alkanes of at least 4 members (excludes halogenated alkanes) is 4. The number of rotatable bonds is 12. The number of aromatic nitrogens is 2. The largest absolute Gasteiger partial charge is 0.155 e. The highest BCUT2D eigenvalue weighted by atomic mass is 15.1. The highest BCUT2D eigenvalue weighted by molar-refractivity contribution is 5.58. The molecule has 0 spiro atoms. The van der Waals surface area contributed by atoms with Crippen molar-refractivity contribution in [1.29, 1.82) is 0 Å². The Balaban J connectivity index is 1.39. The van der Waals surface area contributed by atoms with Crippen molar-refractivity contribution >= 4 is 0 Å². The average Bonchev–Trinajstić information content (AvgIpc) is 2.81. The second-order valence-corrected chi connectivity index (χ2v) is 9.49. The van der Waals surface area contributed by atoms with Crippen LogP contribution < -0.4 is 0 Å². The minimum absolute atomic E-state index is 0.897. The molecule has 1 fully saturated rings. The second-order valence-electron chi connectivity index (χ2n) is 9.49. The summed E-state index contributed by atoms with van der Waals surface area (Å²) >= 11 is 0. The SMILES string of the molecule is CCCCCCC1CCC(CCc2ccc(-c3ccc(CCCC)cc3)nn2)CC1. The Labute approximate surface area is 184 Å². The Hall–Kier alpha value is -1.70. The molecule has 0 unspecified atom stereocenters. The third-order valence-electron chi connectivity index (χ3n) is 7.03. The van der Waals surface area contributed by atoms with Crippen LogP contribution in [0.25, 0.3) is 11.3 Å². The molecule has 2 nitrogen and oxygen atoms in total. The molecule has 3 rings (SSSR count). The first-order valence-electron chi connectivity index (χ1n) is 12.7. The van der Waals surface area contributed by atoms with Crippen LogP contribution in [0.1, 0.15) is 102 Å². The van der Waals surface area contributed by atoms with E-state index in [1.54, 1.807) is 0 Å². The zero-order chi connectivity index (χ0) is 21.0. The Bertz CT molecular complexity index is 696. The van der Waals surface area contributed by atoms with E-state index in [4.69, 9.17) is 0 Å². The summed E-state index contributed by atoms with van der Waals surface area (Å²) in [6.45, 7) is 4.54. The highest BCUT2D eigenvalue weighted by Gasteiger charge is 2.20. The van der Waals surface area contributed by atoms with Crippen LogP contribution in [0.2, 0.25) is 0 Å². The minimum Gasteiger partial charge on any atom is -0.155 e. The molecule has 2 aromatic rings. The predicted molar refractivity (Wildman–Crippen MR) is 129 cm³/mol. The maximum atomic E-state index is 4.53. The normalized spacial score (nSPS) is 19.1. The van der Waals surface area contributed by atoms with Gasteiger partial charge in [-0.05, 0) is 55.2 Å². The molecule has 1 aliphatic carbocycles. The lowest BCUT2D eigenvalue weighted by molar-refractivity contribution is 0.248. The van der Waals surface area contributed by atoms with Crippen molar-refractivity contribution in [3.63, 3.8) is 0 Å². The van der Waals surface area contributed by atoms with Crippen LogP contribution in [0, 0.1) is 11.8 Å². The van der Waals surface area contributed by atoms with Crippen LogP contribution >= 0.6 is 0 Å². The maximum absolute atomic E-state index is 4.53. The van der Waals surface area contributed by atoms with E-state index in [2.05, 4.69) is 60.4 Å². The number of nitrogens with zero attached hydrogens (tertiary/aromatic N) is 2. The van der Waals surface area contributed by atoms with E-state index in [0.29, 0.717) is 0 Å². The molecule has 0 amide bonds. The van der Waals surface area contributed by atoms with Gasteiger partial charge in [-0.3, -0.25) is 0 Å². The molecule has 0 atom stereocenters. The lowest BCUT2D eigenvalue weighted by Crippen LogP contribution is -2.15. The molecule has 1 saturated carbocycles. The van der Waals surface area contributed by atoms with Crippen molar-refractivity contribution in [2.75, 3.05) is 0 Å². The molecule has 0 saturated heterocycles. The van der Waals surface area contributed by atoms with Gasteiger partial charge in [0, 0.05) is 5.56 Å². The number of hydrogen-bond acceptors (Lipinski definition) is 2. The van der Waals surface area contributed by atoms with Crippen LogP contribution in [0.15, 0.2) is 36.4 Å². The van der Waals surface area contributed by atoms with E-state index in [1.807, 2.05) is 0 Å². The molecule has 1 aromatic heterocycles. The molecular weight excluding hydrogens is 364 g/mol.